The van der Waals surface area contributed by atoms with Crippen LogP contribution in [0.25, 0.3) is 10.2 Å². The maximum absolute atomic E-state index is 12.4. The van der Waals surface area contributed by atoms with E-state index in [9.17, 15) is 10.0 Å². The normalized spacial score (nSPS) is 13.3. The van der Waals surface area contributed by atoms with Crippen molar-refractivity contribution < 1.29 is 19.5 Å². The molecule has 0 saturated carbocycles. The number of nitrogen functional groups attached to an aromatic ring is 1. The van der Waals surface area contributed by atoms with Crippen LogP contribution in [-0.2, 0) is 0 Å². The molecule has 4 N–H and O–H groups in total. The van der Waals surface area contributed by atoms with Crippen molar-refractivity contribution in [2.45, 2.75) is 19.9 Å². The molecule has 0 unspecified atom stereocenters. The highest BCUT2D eigenvalue weighted by Gasteiger charge is 2.22. The number of hydrogen-bond acceptors (Lipinski definition) is 9. The van der Waals surface area contributed by atoms with Gasteiger partial charge < -0.3 is 25.7 Å². The Bertz CT molecular complexity index is 1110. The van der Waals surface area contributed by atoms with Gasteiger partial charge in [0.05, 0.1) is 4.88 Å². The van der Waals surface area contributed by atoms with Crippen LogP contribution in [0, 0.1) is 0 Å². The molecule has 0 radical (unpaired) electrons. The van der Waals surface area contributed by atoms with Gasteiger partial charge in [0, 0.05) is 17.0 Å². The highest BCUT2D eigenvalue weighted by atomic mass is 32.1. The van der Waals surface area contributed by atoms with E-state index in [2.05, 4.69) is 20.4 Å². The van der Waals surface area contributed by atoms with Gasteiger partial charge in [-0.05, 0) is 38.1 Å². The monoisotopic (exact) mass is 399 g/mol. The van der Waals surface area contributed by atoms with E-state index >= 15 is 0 Å². The lowest BCUT2D eigenvalue weighted by atomic mass is 10.0. The highest BCUT2D eigenvalue weighted by molar-refractivity contribution is 7.20. The molecule has 0 bridgehead atoms. The topological polar surface area (TPSA) is 132 Å². The Morgan fingerprint density at radius 1 is 1.29 bits per heavy atom. The van der Waals surface area contributed by atoms with Gasteiger partial charge in [-0.25, -0.2) is 9.97 Å². The molecule has 1 aromatic carbocycles. The fraction of sp³-hybridized carbons (Fsp3) is 0.222. The Labute approximate surface area is 163 Å². The minimum Gasteiger partial charge on any atom is -0.454 e. The Hall–Kier alpha value is -3.40. The van der Waals surface area contributed by atoms with Crippen molar-refractivity contribution in [1.29, 1.82) is 0 Å². The summed E-state index contributed by atoms with van der Waals surface area (Å²) in [4.78, 5) is 21.8. The van der Waals surface area contributed by atoms with E-state index in [1.807, 2.05) is 13.8 Å². The summed E-state index contributed by atoms with van der Waals surface area (Å²) in [7, 11) is 0. The molecule has 2 aromatic heterocycles. The molecule has 144 valence electrons. The molecule has 1 amide bonds. The lowest BCUT2D eigenvalue weighted by Crippen LogP contribution is -2.29. The van der Waals surface area contributed by atoms with Crippen LogP contribution in [-0.4, -0.2) is 39.6 Å². The number of nitrogens with two attached hydrogens (primary N) is 1. The van der Waals surface area contributed by atoms with Crippen molar-refractivity contribution in [2.75, 3.05) is 12.5 Å². The van der Waals surface area contributed by atoms with E-state index < -0.39 is 0 Å². The minimum absolute atomic E-state index is 0.00321. The number of hydrogen-bond donors (Lipinski definition) is 3. The smallest absolute Gasteiger partial charge is 0.261 e. The summed E-state index contributed by atoms with van der Waals surface area (Å²) >= 11 is 1.19. The number of thiophene rings is 1. The van der Waals surface area contributed by atoms with E-state index in [0.29, 0.717) is 37.9 Å². The third-order valence-electron chi connectivity index (χ3n) is 4.02. The molecule has 3 aromatic rings. The van der Waals surface area contributed by atoms with Gasteiger partial charge in [0.1, 0.15) is 16.2 Å². The number of aromatic nitrogens is 2. The number of amides is 1. The van der Waals surface area contributed by atoms with Crippen LogP contribution < -0.4 is 20.5 Å². The van der Waals surface area contributed by atoms with Crippen LogP contribution >= 0.6 is 11.3 Å². The molecule has 0 atom stereocenters. The number of rotatable bonds is 4. The Morgan fingerprint density at radius 3 is 2.82 bits per heavy atom. The van der Waals surface area contributed by atoms with Crippen LogP contribution in [0.4, 0.5) is 5.95 Å². The third-order valence-corrected chi connectivity index (χ3v) is 5.05. The van der Waals surface area contributed by atoms with Gasteiger partial charge in [-0.3, -0.25) is 4.79 Å². The first-order chi connectivity index (χ1) is 13.5. The lowest BCUT2D eigenvalue weighted by Gasteiger charge is -2.07. The lowest BCUT2D eigenvalue weighted by molar-refractivity contribution is 0.0947. The zero-order valence-electron chi connectivity index (χ0n) is 15.1. The molecular formula is C18H17N5O4S. The number of nitrogens with zero attached hydrogens (tertiary/aromatic N) is 3. The molecule has 1 aliphatic rings. The molecule has 0 spiro atoms. The fourth-order valence-corrected chi connectivity index (χ4v) is 3.79. The molecule has 0 aliphatic carbocycles. The van der Waals surface area contributed by atoms with Gasteiger partial charge in [-0.1, -0.05) is 5.16 Å². The molecule has 0 saturated heterocycles. The number of benzene rings is 1. The Balaban J connectivity index is 1.82. The summed E-state index contributed by atoms with van der Waals surface area (Å²) < 4.78 is 10.7. The number of carbonyl (C=O) groups is 1. The summed E-state index contributed by atoms with van der Waals surface area (Å²) in [5.41, 5.74) is 6.92. The quantitative estimate of drug-likeness (QED) is 0.348. The van der Waals surface area contributed by atoms with Crippen molar-refractivity contribution in [3.63, 3.8) is 0 Å². The maximum Gasteiger partial charge on any atom is 0.261 e. The largest absolute Gasteiger partial charge is 0.454 e. The van der Waals surface area contributed by atoms with Crippen LogP contribution in [0.5, 0.6) is 11.5 Å². The van der Waals surface area contributed by atoms with Crippen molar-refractivity contribution in [2.24, 2.45) is 5.16 Å². The molecule has 0 fully saturated rings. The van der Waals surface area contributed by atoms with Gasteiger partial charge in [0.2, 0.25) is 12.7 Å². The van der Waals surface area contributed by atoms with E-state index in [0.717, 1.165) is 0 Å². The van der Waals surface area contributed by atoms with Crippen molar-refractivity contribution in [3.05, 3.63) is 40.4 Å². The summed E-state index contributed by atoms with van der Waals surface area (Å²) in [6.07, 6.45) is 0. The summed E-state index contributed by atoms with van der Waals surface area (Å²) in [5.74, 6) is 0.950. The molecule has 1 aliphatic heterocycles. The number of oxime groups is 1. The van der Waals surface area contributed by atoms with E-state index in [4.69, 9.17) is 15.2 Å². The number of ether oxygens (including phenoxy) is 2. The van der Waals surface area contributed by atoms with E-state index in [1.165, 1.54) is 11.3 Å². The van der Waals surface area contributed by atoms with Crippen molar-refractivity contribution in [3.8, 4) is 11.5 Å². The first-order valence-electron chi connectivity index (χ1n) is 8.46. The molecule has 28 heavy (non-hydrogen) atoms. The first-order valence-corrected chi connectivity index (χ1v) is 9.28. The van der Waals surface area contributed by atoms with Crippen LogP contribution in [0.3, 0.4) is 0 Å². The number of nitrogens with one attached hydrogen (secondary N) is 1. The summed E-state index contributed by atoms with van der Waals surface area (Å²) in [6, 6.07) is 6.81. The molecule has 10 heteroatoms. The van der Waals surface area contributed by atoms with Crippen LogP contribution in [0.2, 0.25) is 0 Å². The van der Waals surface area contributed by atoms with Gasteiger partial charge >= 0.3 is 0 Å². The first kappa shape index (κ1) is 18.0. The predicted molar refractivity (Wildman–Crippen MR) is 104 cm³/mol. The third kappa shape index (κ3) is 3.18. The van der Waals surface area contributed by atoms with Crippen LogP contribution in [0.15, 0.2) is 29.4 Å². The minimum atomic E-state index is -0.215. The van der Waals surface area contributed by atoms with Gasteiger partial charge in [-0.15, -0.1) is 11.3 Å². The second-order valence-electron chi connectivity index (χ2n) is 6.40. The second-order valence-corrected chi connectivity index (χ2v) is 7.44. The average Bonchev–Trinajstić information content (AvgIpc) is 3.27. The van der Waals surface area contributed by atoms with Gasteiger partial charge in [-0.2, -0.15) is 0 Å². The molecule has 4 rings (SSSR count). The average molecular weight is 399 g/mol. The zero-order valence-corrected chi connectivity index (χ0v) is 15.9. The van der Waals surface area contributed by atoms with Gasteiger partial charge in [0.25, 0.3) is 5.91 Å². The number of fused-ring (bicyclic) bond motifs is 2. The van der Waals surface area contributed by atoms with E-state index in [-0.39, 0.29) is 30.4 Å². The predicted octanol–water partition coefficient (Wildman–Crippen LogP) is 2.37. The van der Waals surface area contributed by atoms with Crippen LogP contribution in [0.1, 0.15) is 34.8 Å². The highest BCUT2D eigenvalue weighted by Crippen LogP contribution is 2.34. The molecular weight excluding hydrogens is 382 g/mol. The molecule has 3 heterocycles. The SMILES string of the molecule is CC(C)NC(=O)c1cc2c(/C(=N/O)c3ccc4c(c3)OCO4)nc(N)nc2s1. The van der Waals surface area contributed by atoms with Crippen molar-refractivity contribution in [1.82, 2.24) is 15.3 Å². The maximum atomic E-state index is 12.4. The molecule has 9 nitrogen and oxygen atoms in total. The van der Waals surface area contributed by atoms with E-state index in [1.54, 1.807) is 24.3 Å². The van der Waals surface area contributed by atoms with Gasteiger partial charge in [0.15, 0.2) is 11.5 Å². The zero-order chi connectivity index (χ0) is 19.8. The fourth-order valence-electron chi connectivity index (χ4n) is 2.85. The van der Waals surface area contributed by atoms with Crippen molar-refractivity contribution >= 4 is 39.1 Å². The summed E-state index contributed by atoms with van der Waals surface area (Å²) in [5, 5.41) is 16.5. The standard InChI is InChI=1S/C18H17N5O4S/c1-8(2)20-16(24)13-6-10-15(21-18(19)22-17(10)28-13)14(23-25)9-3-4-11-12(5-9)27-7-26-11/h3-6,8,25H,7H2,1-2H3,(H,20,24)(H2,19,21,22)/b23-14+. The number of carbonyl (C=O) groups excluding carboxylic acids is 1. The Morgan fingerprint density at radius 2 is 2.07 bits per heavy atom. The number of anilines is 1. The second kappa shape index (κ2) is 6.97. The Kier molecular flexibility index (Phi) is 4.47. The summed E-state index contributed by atoms with van der Waals surface area (Å²) in [6.45, 7) is 3.89.